The predicted molar refractivity (Wildman–Crippen MR) is 99.3 cm³/mol. The monoisotopic (exact) mass is 357 g/mol. The molecule has 3 rings (SSSR count). The van der Waals surface area contributed by atoms with Gasteiger partial charge >= 0.3 is 0 Å². The first-order valence-electron chi connectivity index (χ1n) is 9.33. The summed E-state index contributed by atoms with van der Waals surface area (Å²) in [4.78, 5) is 18.6. The van der Waals surface area contributed by atoms with Crippen LogP contribution < -0.4 is 10.1 Å². The Bertz CT molecular complexity index is 688. The van der Waals surface area contributed by atoms with Crippen molar-refractivity contribution in [3.8, 4) is 5.75 Å². The van der Waals surface area contributed by atoms with Gasteiger partial charge in [-0.3, -0.25) is 14.5 Å². The Labute approximate surface area is 154 Å². The molecule has 0 spiro atoms. The summed E-state index contributed by atoms with van der Waals surface area (Å²) < 4.78 is 7.81. The van der Waals surface area contributed by atoms with E-state index in [1.807, 2.05) is 22.9 Å². The van der Waals surface area contributed by atoms with Crippen LogP contribution in [0, 0.1) is 0 Å². The van der Waals surface area contributed by atoms with Gasteiger partial charge in [0, 0.05) is 31.1 Å². The largest absolute Gasteiger partial charge is 0.488 e. The number of aromatic nitrogens is 3. The Morgan fingerprint density at radius 1 is 1.35 bits per heavy atom. The number of hydrogen-bond donors (Lipinski definition) is 1. The minimum absolute atomic E-state index is 0.0473. The highest BCUT2D eigenvalue weighted by Crippen LogP contribution is 2.21. The van der Waals surface area contributed by atoms with E-state index >= 15 is 0 Å². The van der Waals surface area contributed by atoms with Gasteiger partial charge in [0.05, 0.1) is 6.54 Å². The Balaban J connectivity index is 1.45. The molecule has 140 valence electrons. The van der Waals surface area contributed by atoms with Crippen molar-refractivity contribution in [3.05, 3.63) is 42.0 Å². The van der Waals surface area contributed by atoms with Crippen LogP contribution in [0.25, 0.3) is 0 Å². The average Bonchev–Trinajstić information content (AvgIpc) is 3.21. The molecule has 1 aliphatic rings. The molecule has 0 aromatic carbocycles. The van der Waals surface area contributed by atoms with E-state index in [2.05, 4.69) is 34.1 Å². The van der Waals surface area contributed by atoms with Gasteiger partial charge < -0.3 is 15.0 Å². The van der Waals surface area contributed by atoms with Crippen LogP contribution in [0.4, 0.5) is 0 Å². The summed E-state index contributed by atoms with van der Waals surface area (Å²) in [6.45, 7) is 8.72. The van der Waals surface area contributed by atoms with Crippen LogP contribution in [0.5, 0.6) is 5.75 Å². The molecule has 0 unspecified atom stereocenters. The molecular weight excluding hydrogens is 330 g/mol. The van der Waals surface area contributed by atoms with Crippen molar-refractivity contribution in [2.24, 2.45) is 0 Å². The molecule has 2 aromatic rings. The van der Waals surface area contributed by atoms with E-state index in [1.165, 1.54) is 0 Å². The summed E-state index contributed by atoms with van der Waals surface area (Å²) in [6.07, 6.45) is 5.18. The smallest absolute Gasteiger partial charge is 0.271 e. The van der Waals surface area contributed by atoms with Crippen LogP contribution in [-0.4, -0.2) is 57.9 Å². The summed E-state index contributed by atoms with van der Waals surface area (Å²) in [5.74, 6) is 0.708. The number of fused-ring (bicyclic) bond motifs is 1. The van der Waals surface area contributed by atoms with Crippen LogP contribution in [0.3, 0.4) is 0 Å². The molecule has 1 atom stereocenters. The second-order valence-corrected chi connectivity index (χ2v) is 6.47. The molecule has 1 N–H and O–H groups in total. The molecule has 0 fully saturated rings. The summed E-state index contributed by atoms with van der Waals surface area (Å²) in [7, 11) is 0. The number of pyridine rings is 1. The van der Waals surface area contributed by atoms with Crippen LogP contribution in [0.15, 0.2) is 30.6 Å². The molecule has 7 nitrogen and oxygen atoms in total. The molecule has 0 bridgehead atoms. The number of nitrogens with zero attached hydrogens (tertiary/aromatic N) is 4. The van der Waals surface area contributed by atoms with Gasteiger partial charge in [0.2, 0.25) is 0 Å². The van der Waals surface area contributed by atoms with E-state index in [9.17, 15) is 4.79 Å². The lowest BCUT2D eigenvalue weighted by molar-refractivity contribution is 0.0945. The van der Waals surface area contributed by atoms with Crippen LogP contribution >= 0.6 is 0 Å². The van der Waals surface area contributed by atoms with E-state index in [0.717, 1.165) is 43.9 Å². The lowest BCUT2D eigenvalue weighted by Gasteiger charge is -2.17. The molecule has 3 heterocycles. The van der Waals surface area contributed by atoms with Gasteiger partial charge in [-0.25, -0.2) is 0 Å². The SMILES string of the molecule is CCN(CC)CCCNC(=O)c1cc2n(n1)C[C@@H](Oc1ccncc1)C2. The van der Waals surface area contributed by atoms with E-state index in [1.54, 1.807) is 12.4 Å². The van der Waals surface area contributed by atoms with E-state index in [0.29, 0.717) is 18.8 Å². The number of hydrogen-bond acceptors (Lipinski definition) is 5. The third-order valence-electron chi connectivity index (χ3n) is 4.69. The second-order valence-electron chi connectivity index (χ2n) is 6.47. The topological polar surface area (TPSA) is 72.3 Å². The fraction of sp³-hybridized carbons (Fsp3) is 0.526. The Morgan fingerprint density at radius 2 is 2.12 bits per heavy atom. The van der Waals surface area contributed by atoms with Gasteiger partial charge in [-0.1, -0.05) is 13.8 Å². The Kier molecular flexibility index (Phi) is 6.22. The minimum Gasteiger partial charge on any atom is -0.488 e. The Hall–Kier alpha value is -2.41. The van der Waals surface area contributed by atoms with Crippen LogP contribution in [-0.2, 0) is 13.0 Å². The number of carbonyl (C=O) groups excluding carboxylic acids is 1. The van der Waals surface area contributed by atoms with Crippen LogP contribution in [0.2, 0.25) is 0 Å². The fourth-order valence-electron chi connectivity index (χ4n) is 3.20. The van der Waals surface area contributed by atoms with Crippen molar-refractivity contribution in [1.29, 1.82) is 0 Å². The fourth-order valence-corrected chi connectivity index (χ4v) is 3.20. The normalized spacial score (nSPS) is 15.9. The number of ether oxygens (including phenoxy) is 1. The summed E-state index contributed by atoms with van der Waals surface area (Å²) in [6, 6.07) is 5.56. The van der Waals surface area contributed by atoms with Gasteiger partial charge in [0.15, 0.2) is 0 Å². The van der Waals surface area contributed by atoms with E-state index in [-0.39, 0.29) is 12.0 Å². The molecule has 7 heteroatoms. The average molecular weight is 357 g/mol. The number of rotatable bonds is 9. The van der Waals surface area contributed by atoms with E-state index < -0.39 is 0 Å². The van der Waals surface area contributed by atoms with Gasteiger partial charge in [-0.05, 0) is 44.3 Å². The third-order valence-corrected chi connectivity index (χ3v) is 4.69. The van der Waals surface area contributed by atoms with Gasteiger partial charge in [0.25, 0.3) is 5.91 Å². The molecule has 0 aliphatic carbocycles. The van der Waals surface area contributed by atoms with Crippen molar-refractivity contribution < 1.29 is 9.53 Å². The lowest BCUT2D eigenvalue weighted by atomic mass is 10.2. The minimum atomic E-state index is -0.0990. The molecule has 26 heavy (non-hydrogen) atoms. The molecule has 2 aromatic heterocycles. The first-order chi connectivity index (χ1) is 12.7. The highest BCUT2D eigenvalue weighted by Gasteiger charge is 2.26. The lowest BCUT2D eigenvalue weighted by Crippen LogP contribution is -2.30. The summed E-state index contributed by atoms with van der Waals surface area (Å²) in [5.41, 5.74) is 1.53. The van der Waals surface area contributed by atoms with Gasteiger partial charge in [-0.2, -0.15) is 5.10 Å². The first-order valence-corrected chi connectivity index (χ1v) is 9.33. The second kappa shape index (κ2) is 8.80. The predicted octanol–water partition coefficient (Wildman–Crippen LogP) is 1.74. The molecule has 1 aliphatic heterocycles. The van der Waals surface area contributed by atoms with Gasteiger partial charge in [-0.15, -0.1) is 0 Å². The standard InChI is InChI=1S/C19H27N5O2/c1-3-23(4-2)11-5-8-21-19(25)18-13-15-12-17(14-24(15)22-18)26-16-6-9-20-10-7-16/h6-7,9-10,13,17H,3-5,8,11-12,14H2,1-2H3,(H,21,25)/t17-/m0/s1. The van der Waals surface area contributed by atoms with Crippen molar-refractivity contribution in [1.82, 2.24) is 25.0 Å². The quantitative estimate of drug-likeness (QED) is 0.692. The molecular formula is C19H27N5O2. The third kappa shape index (κ3) is 4.60. The van der Waals surface area contributed by atoms with Crippen molar-refractivity contribution in [3.63, 3.8) is 0 Å². The highest BCUT2D eigenvalue weighted by molar-refractivity contribution is 5.92. The van der Waals surface area contributed by atoms with Crippen molar-refractivity contribution in [2.45, 2.75) is 39.3 Å². The van der Waals surface area contributed by atoms with Crippen molar-refractivity contribution in [2.75, 3.05) is 26.2 Å². The zero-order valence-electron chi connectivity index (χ0n) is 15.5. The number of amides is 1. The summed E-state index contributed by atoms with van der Waals surface area (Å²) >= 11 is 0. The maximum atomic E-state index is 12.3. The first kappa shape index (κ1) is 18.4. The summed E-state index contributed by atoms with van der Waals surface area (Å²) in [5, 5.41) is 7.39. The number of nitrogens with one attached hydrogen (secondary N) is 1. The zero-order valence-corrected chi connectivity index (χ0v) is 15.5. The maximum absolute atomic E-state index is 12.3. The number of carbonyl (C=O) groups is 1. The highest BCUT2D eigenvalue weighted by atomic mass is 16.5. The van der Waals surface area contributed by atoms with Gasteiger partial charge in [0.1, 0.15) is 17.5 Å². The zero-order chi connectivity index (χ0) is 18.4. The molecule has 1 amide bonds. The molecule has 0 saturated carbocycles. The molecule has 0 saturated heterocycles. The van der Waals surface area contributed by atoms with Crippen molar-refractivity contribution >= 4 is 5.91 Å². The molecule has 0 radical (unpaired) electrons. The van der Waals surface area contributed by atoms with E-state index in [4.69, 9.17) is 4.74 Å². The van der Waals surface area contributed by atoms with Crippen LogP contribution in [0.1, 0.15) is 36.5 Å². The maximum Gasteiger partial charge on any atom is 0.271 e. The Morgan fingerprint density at radius 3 is 2.81 bits per heavy atom.